The summed E-state index contributed by atoms with van der Waals surface area (Å²) in [5.41, 5.74) is 5.64. The number of oxazole rings is 1. The highest BCUT2D eigenvalue weighted by Crippen LogP contribution is 2.19. The summed E-state index contributed by atoms with van der Waals surface area (Å²) in [6.07, 6.45) is 4.35. The molecule has 0 aliphatic carbocycles. The summed E-state index contributed by atoms with van der Waals surface area (Å²) in [5.74, 6) is 1.37. The maximum atomic E-state index is 5.63. The van der Waals surface area contributed by atoms with E-state index >= 15 is 0 Å². The van der Waals surface area contributed by atoms with Gasteiger partial charge in [-0.05, 0) is 56.1 Å². The molecule has 7 heteroatoms. The van der Waals surface area contributed by atoms with Crippen LogP contribution in [0.15, 0.2) is 64.2 Å². The first kappa shape index (κ1) is 24.3. The minimum absolute atomic E-state index is 0. The van der Waals surface area contributed by atoms with Gasteiger partial charge in [-0.1, -0.05) is 42.0 Å². The third-order valence-corrected chi connectivity index (χ3v) is 5.60. The van der Waals surface area contributed by atoms with Crippen LogP contribution in [0.4, 0.5) is 0 Å². The third kappa shape index (κ3) is 6.80. The van der Waals surface area contributed by atoms with E-state index in [0.29, 0.717) is 12.4 Å². The molecule has 1 fully saturated rings. The van der Waals surface area contributed by atoms with Gasteiger partial charge in [0.05, 0.1) is 12.2 Å². The number of hydrogen-bond donors (Lipinski definition) is 2. The van der Waals surface area contributed by atoms with Gasteiger partial charge in [-0.25, -0.2) is 4.98 Å². The average molecular weight is 545 g/mol. The van der Waals surface area contributed by atoms with Crippen LogP contribution in [0.1, 0.15) is 35.2 Å². The summed E-state index contributed by atoms with van der Waals surface area (Å²) in [7, 11) is 1.77. The lowest BCUT2D eigenvalue weighted by Crippen LogP contribution is -2.36. The number of aliphatic imine (C=N–C) groups is 1. The molecule has 1 aliphatic rings. The minimum Gasteiger partial charge on any atom is -0.444 e. The number of halogens is 1. The second-order valence-electron chi connectivity index (χ2n) is 8.09. The quantitative estimate of drug-likeness (QED) is 0.256. The summed E-state index contributed by atoms with van der Waals surface area (Å²) in [4.78, 5) is 11.4. The molecule has 32 heavy (non-hydrogen) atoms. The molecule has 1 aromatic heterocycles. The number of benzene rings is 2. The van der Waals surface area contributed by atoms with E-state index in [-0.39, 0.29) is 24.0 Å². The molecule has 6 nitrogen and oxygen atoms in total. The topological polar surface area (TPSA) is 65.7 Å². The van der Waals surface area contributed by atoms with Crippen molar-refractivity contribution in [3.05, 3.63) is 77.2 Å². The van der Waals surface area contributed by atoms with E-state index in [1.807, 2.05) is 12.1 Å². The van der Waals surface area contributed by atoms with Crippen LogP contribution in [0.2, 0.25) is 0 Å². The Balaban J connectivity index is 0.00000289. The molecule has 1 aliphatic heterocycles. The molecule has 4 rings (SSSR count). The van der Waals surface area contributed by atoms with Crippen molar-refractivity contribution in [2.75, 3.05) is 20.1 Å². The van der Waals surface area contributed by atoms with Crippen molar-refractivity contribution in [2.24, 2.45) is 4.99 Å². The molecule has 0 saturated carbocycles. The lowest BCUT2D eigenvalue weighted by molar-refractivity contribution is 0.331. The zero-order valence-corrected chi connectivity index (χ0v) is 21.1. The van der Waals surface area contributed by atoms with Crippen LogP contribution in [-0.2, 0) is 19.6 Å². The number of aromatic nitrogens is 1. The normalized spacial score (nSPS) is 14.2. The Hall–Kier alpha value is -2.39. The Bertz CT molecular complexity index is 992. The van der Waals surface area contributed by atoms with Gasteiger partial charge in [0.2, 0.25) is 5.89 Å². The maximum absolute atomic E-state index is 5.63. The highest BCUT2D eigenvalue weighted by atomic mass is 127. The van der Waals surface area contributed by atoms with E-state index in [0.717, 1.165) is 30.3 Å². The largest absolute Gasteiger partial charge is 0.444 e. The van der Waals surface area contributed by atoms with Crippen molar-refractivity contribution >= 4 is 29.9 Å². The molecule has 0 atom stereocenters. The number of nitrogens with one attached hydrogen (secondary N) is 2. The van der Waals surface area contributed by atoms with Crippen LogP contribution in [0.25, 0.3) is 11.5 Å². The Labute approximate surface area is 207 Å². The molecule has 0 bridgehead atoms. The monoisotopic (exact) mass is 545 g/mol. The van der Waals surface area contributed by atoms with Gasteiger partial charge in [-0.15, -0.1) is 24.0 Å². The van der Waals surface area contributed by atoms with Crippen LogP contribution < -0.4 is 10.6 Å². The predicted molar refractivity (Wildman–Crippen MR) is 140 cm³/mol. The highest BCUT2D eigenvalue weighted by Gasteiger charge is 2.11. The lowest BCUT2D eigenvalue weighted by atomic mass is 10.1. The molecule has 0 unspecified atom stereocenters. The summed E-state index contributed by atoms with van der Waals surface area (Å²) in [6.45, 7) is 6.84. The average Bonchev–Trinajstić information content (AvgIpc) is 3.48. The minimum atomic E-state index is 0. The summed E-state index contributed by atoms with van der Waals surface area (Å²) >= 11 is 0. The van der Waals surface area contributed by atoms with E-state index in [2.05, 4.69) is 68.8 Å². The van der Waals surface area contributed by atoms with Gasteiger partial charge in [0, 0.05) is 25.7 Å². The molecule has 0 amide bonds. The van der Waals surface area contributed by atoms with Crippen molar-refractivity contribution in [1.82, 2.24) is 20.5 Å². The number of rotatable bonds is 7. The molecule has 2 aromatic carbocycles. The molecule has 170 valence electrons. The molecule has 1 saturated heterocycles. The van der Waals surface area contributed by atoms with E-state index in [4.69, 9.17) is 4.42 Å². The molecule has 0 spiro atoms. The fourth-order valence-electron chi connectivity index (χ4n) is 3.76. The maximum Gasteiger partial charge on any atom is 0.226 e. The highest BCUT2D eigenvalue weighted by molar-refractivity contribution is 14.0. The Morgan fingerprint density at radius 2 is 1.62 bits per heavy atom. The molecular weight excluding hydrogens is 513 g/mol. The summed E-state index contributed by atoms with van der Waals surface area (Å²) in [6, 6.07) is 17.0. The van der Waals surface area contributed by atoms with E-state index in [9.17, 15) is 0 Å². The van der Waals surface area contributed by atoms with Gasteiger partial charge < -0.3 is 15.1 Å². The second kappa shape index (κ2) is 12.0. The van der Waals surface area contributed by atoms with Gasteiger partial charge in [0.1, 0.15) is 6.26 Å². The van der Waals surface area contributed by atoms with Gasteiger partial charge in [0.15, 0.2) is 5.96 Å². The Morgan fingerprint density at radius 1 is 0.969 bits per heavy atom. The van der Waals surface area contributed by atoms with Crippen LogP contribution in [0, 0.1) is 6.92 Å². The van der Waals surface area contributed by atoms with Crippen LogP contribution in [0.3, 0.4) is 0 Å². The number of guanidine groups is 1. The third-order valence-electron chi connectivity index (χ3n) is 5.60. The van der Waals surface area contributed by atoms with Crippen molar-refractivity contribution in [3.63, 3.8) is 0 Å². The Morgan fingerprint density at radius 3 is 2.31 bits per heavy atom. The predicted octanol–water partition coefficient (Wildman–Crippen LogP) is 4.73. The molecule has 2 heterocycles. The molecule has 3 aromatic rings. The summed E-state index contributed by atoms with van der Waals surface area (Å²) in [5, 5.41) is 6.66. The van der Waals surface area contributed by atoms with E-state index in [1.165, 1.54) is 42.6 Å². The number of aryl methyl sites for hydroxylation is 1. The molecule has 2 N–H and O–H groups in total. The zero-order chi connectivity index (χ0) is 21.5. The summed E-state index contributed by atoms with van der Waals surface area (Å²) < 4.78 is 5.63. The van der Waals surface area contributed by atoms with Crippen LogP contribution in [-0.4, -0.2) is 36.0 Å². The molecular formula is C25H32IN5O. The van der Waals surface area contributed by atoms with Gasteiger partial charge in [0.25, 0.3) is 0 Å². The van der Waals surface area contributed by atoms with Gasteiger partial charge >= 0.3 is 0 Å². The van der Waals surface area contributed by atoms with Crippen molar-refractivity contribution in [2.45, 2.75) is 39.4 Å². The van der Waals surface area contributed by atoms with E-state index in [1.54, 1.807) is 13.3 Å². The fourth-order valence-corrected chi connectivity index (χ4v) is 3.76. The Kier molecular flexibility index (Phi) is 9.11. The van der Waals surface area contributed by atoms with Crippen molar-refractivity contribution < 1.29 is 4.42 Å². The number of nitrogens with zero attached hydrogens (tertiary/aromatic N) is 3. The van der Waals surface area contributed by atoms with Gasteiger partial charge in [-0.3, -0.25) is 9.89 Å². The first-order valence-electron chi connectivity index (χ1n) is 11.0. The van der Waals surface area contributed by atoms with Crippen LogP contribution in [0.5, 0.6) is 0 Å². The first-order chi connectivity index (χ1) is 15.2. The SMILES string of the molecule is CN=C(NCc1ccc(CN2CCCC2)cc1)NCc1coc(-c2ccc(C)cc2)n1.I. The lowest BCUT2D eigenvalue weighted by Gasteiger charge is -2.15. The number of hydrogen-bond acceptors (Lipinski definition) is 4. The zero-order valence-electron chi connectivity index (χ0n) is 18.8. The van der Waals surface area contributed by atoms with E-state index < -0.39 is 0 Å². The van der Waals surface area contributed by atoms with Crippen molar-refractivity contribution in [3.8, 4) is 11.5 Å². The second-order valence-corrected chi connectivity index (χ2v) is 8.09. The van der Waals surface area contributed by atoms with Crippen LogP contribution >= 0.6 is 24.0 Å². The number of likely N-dealkylation sites (tertiary alicyclic amines) is 1. The van der Waals surface area contributed by atoms with Gasteiger partial charge in [-0.2, -0.15) is 0 Å². The fraction of sp³-hybridized carbons (Fsp3) is 0.360. The smallest absolute Gasteiger partial charge is 0.226 e. The van der Waals surface area contributed by atoms with Crippen molar-refractivity contribution in [1.29, 1.82) is 0 Å². The molecule has 0 radical (unpaired) electrons. The standard InChI is InChI=1S/C25H31N5O.HI/c1-19-5-11-22(12-6-19)24-29-23(18-31-24)16-28-25(26-2)27-15-20-7-9-21(10-8-20)17-30-13-3-4-14-30;/h5-12,18H,3-4,13-17H2,1-2H3,(H2,26,27,28);1H. The first-order valence-corrected chi connectivity index (χ1v) is 11.0.